The largest absolute Gasteiger partial charge is 0.490 e. The fourth-order valence-electron chi connectivity index (χ4n) is 2.85. The van der Waals surface area contributed by atoms with Crippen LogP contribution in [0, 0.1) is 3.57 Å². The van der Waals surface area contributed by atoms with Crippen molar-refractivity contribution in [2.45, 2.75) is 6.92 Å². The summed E-state index contributed by atoms with van der Waals surface area (Å²) in [5.41, 5.74) is 0.780. The number of barbiturate groups is 1. The van der Waals surface area contributed by atoms with Crippen LogP contribution in [0.4, 0.5) is 10.5 Å². The number of rotatable bonds is 7. The number of carbonyl (C=O) groups excluding carboxylic acids is 3. The SMILES string of the molecule is C=CCOc1c(I)cc(/C=C2\C(=O)NC(=O)N(c3ccccc3)C2=O)cc1OCC. The van der Waals surface area contributed by atoms with Crippen LogP contribution in [-0.4, -0.2) is 31.1 Å². The molecule has 0 aromatic heterocycles. The van der Waals surface area contributed by atoms with Gasteiger partial charge >= 0.3 is 6.03 Å². The van der Waals surface area contributed by atoms with Crippen LogP contribution in [0.25, 0.3) is 6.08 Å². The lowest BCUT2D eigenvalue weighted by molar-refractivity contribution is -0.122. The Kier molecular flexibility index (Phi) is 6.88. The molecule has 8 heteroatoms. The van der Waals surface area contributed by atoms with Crippen LogP contribution >= 0.6 is 22.6 Å². The molecular weight excluding hydrogens is 499 g/mol. The van der Waals surface area contributed by atoms with Crippen LogP contribution in [0.15, 0.2) is 60.7 Å². The number of hydrogen-bond donors (Lipinski definition) is 1. The summed E-state index contributed by atoms with van der Waals surface area (Å²) < 4.78 is 12.1. The highest BCUT2D eigenvalue weighted by molar-refractivity contribution is 14.1. The molecule has 1 aliphatic rings. The van der Waals surface area contributed by atoms with Crippen LogP contribution in [0.2, 0.25) is 0 Å². The summed E-state index contributed by atoms with van der Waals surface area (Å²) in [7, 11) is 0. The topological polar surface area (TPSA) is 84.9 Å². The number of carbonyl (C=O) groups is 3. The van der Waals surface area contributed by atoms with Crippen LogP contribution in [0.5, 0.6) is 11.5 Å². The molecule has 1 heterocycles. The van der Waals surface area contributed by atoms with Gasteiger partial charge < -0.3 is 9.47 Å². The second kappa shape index (κ2) is 9.57. The Bertz CT molecular complexity index is 1030. The molecule has 154 valence electrons. The molecule has 1 fully saturated rings. The third kappa shape index (κ3) is 4.54. The molecule has 0 saturated carbocycles. The molecule has 0 bridgehead atoms. The fraction of sp³-hybridized carbons (Fsp3) is 0.136. The maximum absolute atomic E-state index is 13.0. The van der Waals surface area contributed by atoms with Crippen molar-refractivity contribution in [3.05, 3.63) is 69.8 Å². The van der Waals surface area contributed by atoms with Gasteiger partial charge in [-0.05, 0) is 65.4 Å². The predicted molar refractivity (Wildman–Crippen MR) is 121 cm³/mol. The van der Waals surface area contributed by atoms with E-state index in [9.17, 15) is 14.4 Å². The monoisotopic (exact) mass is 518 g/mol. The Balaban J connectivity index is 2.02. The number of imide groups is 2. The molecule has 1 saturated heterocycles. The predicted octanol–water partition coefficient (Wildman–Crippen LogP) is 3.92. The van der Waals surface area contributed by atoms with E-state index >= 15 is 0 Å². The molecule has 0 unspecified atom stereocenters. The molecule has 0 atom stereocenters. The average Bonchev–Trinajstić information content (AvgIpc) is 2.71. The van der Waals surface area contributed by atoms with Gasteiger partial charge in [-0.2, -0.15) is 0 Å². The Hall–Kier alpha value is -3.14. The van der Waals surface area contributed by atoms with E-state index in [1.807, 2.05) is 6.92 Å². The minimum Gasteiger partial charge on any atom is -0.490 e. The fourth-order valence-corrected chi connectivity index (χ4v) is 3.63. The molecule has 1 aliphatic heterocycles. The first-order chi connectivity index (χ1) is 14.5. The van der Waals surface area contributed by atoms with Gasteiger partial charge in [0.2, 0.25) is 0 Å². The highest BCUT2D eigenvalue weighted by Crippen LogP contribution is 2.35. The Morgan fingerprint density at radius 3 is 2.53 bits per heavy atom. The van der Waals surface area contributed by atoms with Crippen LogP contribution in [-0.2, 0) is 9.59 Å². The summed E-state index contributed by atoms with van der Waals surface area (Å²) in [6.45, 7) is 6.21. The van der Waals surface area contributed by atoms with Crippen molar-refractivity contribution in [2.75, 3.05) is 18.1 Å². The second-order valence-electron chi connectivity index (χ2n) is 6.16. The number of hydrogen-bond acceptors (Lipinski definition) is 5. The van der Waals surface area contributed by atoms with Crippen molar-refractivity contribution in [1.29, 1.82) is 0 Å². The molecule has 2 aromatic carbocycles. The van der Waals surface area contributed by atoms with Gasteiger partial charge in [-0.25, -0.2) is 9.69 Å². The van der Waals surface area contributed by atoms with E-state index in [1.54, 1.807) is 48.5 Å². The lowest BCUT2D eigenvalue weighted by atomic mass is 10.1. The standard InChI is InChI=1S/C22H19IN2O5/c1-3-10-30-19-17(23)12-14(13-18(19)29-4-2)11-16-20(26)24-22(28)25(21(16)27)15-8-6-5-7-9-15/h3,5-9,11-13H,1,4,10H2,2H3,(H,24,26,28)/b16-11+. The third-order valence-electron chi connectivity index (χ3n) is 4.10. The van der Waals surface area contributed by atoms with Crippen molar-refractivity contribution in [1.82, 2.24) is 5.32 Å². The molecule has 0 spiro atoms. The number of benzene rings is 2. The zero-order valence-electron chi connectivity index (χ0n) is 16.2. The molecular formula is C22H19IN2O5. The number of para-hydroxylation sites is 1. The Morgan fingerprint density at radius 2 is 1.87 bits per heavy atom. The third-order valence-corrected chi connectivity index (χ3v) is 4.91. The molecule has 0 radical (unpaired) electrons. The smallest absolute Gasteiger partial charge is 0.335 e. The number of ether oxygens (including phenoxy) is 2. The lowest BCUT2D eigenvalue weighted by Gasteiger charge is -2.26. The van der Waals surface area contributed by atoms with E-state index in [1.165, 1.54) is 6.08 Å². The number of nitrogens with zero attached hydrogens (tertiary/aromatic N) is 1. The number of urea groups is 1. The minimum atomic E-state index is -0.786. The zero-order chi connectivity index (χ0) is 21.7. The lowest BCUT2D eigenvalue weighted by Crippen LogP contribution is -2.54. The summed E-state index contributed by atoms with van der Waals surface area (Å²) in [5, 5.41) is 2.21. The van der Waals surface area contributed by atoms with E-state index in [0.717, 1.165) is 8.47 Å². The van der Waals surface area contributed by atoms with Gasteiger partial charge in [0.15, 0.2) is 11.5 Å². The summed E-state index contributed by atoms with van der Waals surface area (Å²) >= 11 is 2.09. The number of halogens is 1. The first-order valence-corrected chi connectivity index (χ1v) is 10.2. The van der Waals surface area contributed by atoms with Gasteiger partial charge in [0, 0.05) is 0 Å². The molecule has 0 aliphatic carbocycles. The molecule has 2 aromatic rings. The van der Waals surface area contributed by atoms with E-state index in [-0.39, 0.29) is 5.57 Å². The molecule has 30 heavy (non-hydrogen) atoms. The Labute approximate surface area is 187 Å². The molecule has 4 amide bonds. The summed E-state index contributed by atoms with van der Waals surface area (Å²) in [6.07, 6.45) is 3.06. The van der Waals surface area contributed by atoms with Gasteiger partial charge in [0.1, 0.15) is 12.2 Å². The maximum Gasteiger partial charge on any atom is 0.335 e. The van der Waals surface area contributed by atoms with E-state index in [0.29, 0.717) is 36.0 Å². The van der Waals surface area contributed by atoms with Crippen LogP contribution in [0.1, 0.15) is 12.5 Å². The molecule has 1 N–H and O–H groups in total. The zero-order valence-corrected chi connectivity index (χ0v) is 18.3. The van der Waals surface area contributed by atoms with E-state index in [4.69, 9.17) is 9.47 Å². The second-order valence-corrected chi connectivity index (χ2v) is 7.32. The Morgan fingerprint density at radius 1 is 1.13 bits per heavy atom. The number of anilines is 1. The number of nitrogens with one attached hydrogen (secondary N) is 1. The van der Waals surface area contributed by atoms with Crippen LogP contribution in [0.3, 0.4) is 0 Å². The minimum absolute atomic E-state index is 0.156. The van der Waals surface area contributed by atoms with Crippen molar-refractivity contribution >= 4 is 52.2 Å². The normalized spacial score (nSPS) is 15.2. The summed E-state index contributed by atoms with van der Waals surface area (Å²) in [4.78, 5) is 38.5. The molecule has 7 nitrogen and oxygen atoms in total. The van der Waals surface area contributed by atoms with Gasteiger partial charge in [0.05, 0.1) is 15.9 Å². The first-order valence-electron chi connectivity index (χ1n) is 9.12. The average molecular weight is 518 g/mol. The quantitative estimate of drug-likeness (QED) is 0.260. The van der Waals surface area contributed by atoms with Crippen molar-refractivity contribution in [2.24, 2.45) is 0 Å². The van der Waals surface area contributed by atoms with Crippen molar-refractivity contribution in [3.63, 3.8) is 0 Å². The first kappa shape index (κ1) is 21.6. The number of amides is 4. The summed E-state index contributed by atoms with van der Waals surface area (Å²) in [5.74, 6) is -0.412. The van der Waals surface area contributed by atoms with Crippen molar-refractivity contribution in [3.8, 4) is 11.5 Å². The molecule has 3 rings (SSSR count). The van der Waals surface area contributed by atoms with Gasteiger partial charge in [-0.3, -0.25) is 14.9 Å². The van der Waals surface area contributed by atoms with Gasteiger partial charge in [-0.1, -0.05) is 30.9 Å². The van der Waals surface area contributed by atoms with Crippen molar-refractivity contribution < 1.29 is 23.9 Å². The van der Waals surface area contributed by atoms with Gasteiger partial charge in [-0.15, -0.1) is 0 Å². The highest BCUT2D eigenvalue weighted by Gasteiger charge is 2.36. The summed E-state index contributed by atoms with van der Waals surface area (Å²) in [6, 6.07) is 11.1. The highest BCUT2D eigenvalue weighted by atomic mass is 127. The van der Waals surface area contributed by atoms with Gasteiger partial charge in [0.25, 0.3) is 11.8 Å². The maximum atomic E-state index is 13.0. The van der Waals surface area contributed by atoms with E-state index in [2.05, 4.69) is 34.5 Å². The van der Waals surface area contributed by atoms with Crippen LogP contribution < -0.4 is 19.7 Å². The van der Waals surface area contributed by atoms with E-state index < -0.39 is 17.8 Å².